The number of benzene rings is 1. The van der Waals surface area contributed by atoms with Gasteiger partial charge in [-0.1, -0.05) is 24.3 Å². The number of hydrogen-bond acceptors (Lipinski definition) is 3. The average Bonchev–Trinajstić information content (AvgIpc) is 2.45. The van der Waals surface area contributed by atoms with Gasteiger partial charge in [0.15, 0.2) is 0 Å². The van der Waals surface area contributed by atoms with Crippen LogP contribution in [0.5, 0.6) is 0 Å². The number of pyridine rings is 1. The number of nitrogens with one attached hydrogen (secondary N) is 1. The van der Waals surface area contributed by atoms with E-state index in [0.717, 1.165) is 16.8 Å². The standard InChI is InChI=1S/C16H19FN2O/c1-11-5-3-4-6-14(11)16(20)10-18-12(2)15-8-7-13(17)9-19-15/h3-9,12,16,18,20H,10H2,1-2H3. The molecule has 20 heavy (non-hydrogen) atoms. The van der Waals surface area contributed by atoms with Crippen LogP contribution in [0.1, 0.15) is 35.9 Å². The van der Waals surface area contributed by atoms with E-state index in [-0.39, 0.29) is 11.9 Å². The van der Waals surface area contributed by atoms with Crippen molar-refractivity contribution in [2.45, 2.75) is 26.0 Å². The fraction of sp³-hybridized carbons (Fsp3) is 0.312. The molecular formula is C16H19FN2O. The molecule has 1 aromatic heterocycles. The number of halogens is 1. The van der Waals surface area contributed by atoms with Gasteiger partial charge in [-0.25, -0.2) is 4.39 Å². The Labute approximate surface area is 118 Å². The van der Waals surface area contributed by atoms with Gasteiger partial charge in [0.05, 0.1) is 18.0 Å². The molecule has 0 aliphatic heterocycles. The molecule has 0 radical (unpaired) electrons. The highest BCUT2D eigenvalue weighted by atomic mass is 19.1. The van der Waals surface area contributed by atoms with E-state index in [9.17, 15) is 9.50 Å². The lowest BCUT2D eigenvalue weighted by Gasteiger charge is -2.18. The van der Waals surface area contributed by atoms with Crippen molar-refractivity contribution >= 4 is 0 Å². The molecule has 0 bridgehead atoms. The van der Waals surface area contributed by atoms with E-state index in [0.29, 0.717) is 6.54 Å². The zero-order valence-corrected chi connectivity index (χ0v) is 11.7. The summed E-state index contributed by atoms with van der Waals surface area (Å²) in [5, 5.41) is 13.4. The van der Waals surface area contributed by atoms with Gasteiger partial charge in [0.25, 0.3) is 0 Å². The predicted octanol–water partition coefficient (Wildman–Crippen LogP) is 2.91. The highest BCUT2D eigenvalue weighted by molar-refractivity contribution is 5.27. The molecular weight excluding hydrogens is 255 g/mol. The summed E-state index contributed by atoms with van der Waals surface area (Å²) in [5.41, 5.74) is 2.73. The zero-order chi connectivity index (χ0) is 14.5. The van der Waals surface area contributed by atoms with E-state index in [4.69, 9.17) is 0 Å². The SMILES string of the molecule is Cc1ccccc1C(O)CNC(C)c1ccc(F)cn1. The zero-order valence-electron chi connectivity index (χ0n) is 11.7. The van der Waals surface area contributed by atoms with Crippen molar-refractivity contribution in [2.75, 3.05) is 6.54 Å². The number of aromatic nitrogens is 1. The smallest absolute Gasteiger partial charge is 0.141 e. The van der Waals surface area contributed by atoms with Crippen LogP contribution in [0.3, 0.4) is 0 Å². The molecule has 2 unspecified atom stereocenters. The Morgan fingerprint density at radius 3 is 2.65 bits per heavy atom. The fourth-order valence-corrected chi connectivity index (χ4v) is 2.11. The number of aryl methyl sites for hydroxylation is 1. The molecule has 4 heteroatoms. The number of hydrogen-bond donors (Lipinski definition) is 2. The second-order valence-electron chi connectivity index (χ2n) is 4.90. The van der Waals surface area contributed by atoms with Crippen LogP contribution in [0.15, 0.2) is 42.6 Å². The van der Waals surface area contributed by atoms with Crippen LogP contribution in [0, 0.1) is 12.7 Å². The van der Waals surface area contributed by atoms with Crippen molar-refractivity contribution in [1.29, 1.82) is 0 Å². The highest BCUT2D eigenvalue weighted by Gasteiger charge is 2.12. The van der Waals surface area contributed by atoms with E-state index >= 15 is 0 Å². The largest absolute Gasteiger partial charge is 0.387 e. The lowest BCUT2D eigenvalue weighted by molar-refractivity contribution is 0.170. The van der Waals surface area contributed by atoms with Crippen LogP contribution in [0.25, 0.3) is 0 Å². The quantitative estimate of drug-likeness (QED) is 0.881. The van der Waals surface area contributed by atoms with E-state index in [1.165, 1.54) is 12.3 Å². The first kappa shape index (κ1) is 14.6. The van der Waals surface area contributed by atoms with Crippen molar-refractivity contribution in [3.05, 3.63) is 65.2 Å². The van der Waals surface area contributed by atoms with Crippen molar-refractivity contribution in [1.82, 2.24) is 10.3 Å². The van der Waals surface area contributed by atoms with Crippen molar-refractivity contribution in [3.63, 3.8) is 0 Å². The Hall–Kier alpha value is -1.78. The van der Waals surface area contributed by atoms with E-state index < -0.39 is 6.10 Å². The van der Waals surface area contributed by atoms with Crippen LogP contribution in [0.4, 0.5) is 4.39 Å². The van der Waals surface area contributed by atoms with Gasteiger partial charge in [-0.15, -0.1) is 0 Å². The van der Waals surface area contributed by atoms with Crippen LogP contribution in [-0.2, 0) is 0 Å². The summed E-state index contributed by atoms with van der Waals surface area (Å²) in [6.45, 7) is 4.33. The third kappa shape index (κ3) is 3.62. The van der Waals surface area contributed by atoms with E-state index in [1.807, 2.05) is 38.1 Å². The van der Waals surface area contributed by atoms with Gasteiger partial charge in [0.2, 0.25) is 0 Å². The first-order valence-electron chi connectivity index (χ1n) is 6.66. The van der Waals surface area contributed by atoms with Gasteiger partial charge in [-0.05, 0) is 37.1 Å². The molecule has 2 rings (SSSR count). The minimum atomic E-state index is -0.570. The molecule has 0 amide bonds. The molecule has 2 N–H and O–H groups in total. The van der Waals surface area contributed by atoms with Gasteiger partial charge < -0.3 is 10.4 Å². The normalized spacial score (nSPS) is 14.0. The Bertz CT molecular complexity index is 557. The van der Waals surface area contributed by atoms with E-state index in [2.05, 4.69) is 10.3 Å². The molecule has 0 fully saturated rings. The van der Waals surface area contributed by atoms with Gasteiger partial charge in [0, 0.05) is 12.6 Å². The molecule has 2 atom stereocenters. The highest BCUT2D eigenvalue weighted by Crippen LogP contribution is 2.18. The molecule has 0 aliphatic rings. The summed E-state index contributed by atoms with van der Waals surface area (Å²) in [6.07, 6.45) is 0.629. The molecule has 1 heterocycles. The lowest BCUT2D eigenvalue weighted by atomic mass is 10.0. The first-order valence-corrected chi connectivity index (χ1v) is 6.66. The summed E-state index contributed by atoms with van der Waals surface area (Å²) >= 11 is 0. The molecule has 2 aromatic rings. The molecule has 0 spiro atoms. The number of aliphatic hydroxyl groups is 1. The minimum Gasteiger partial charge on any atom is -0.387 e. The Morgan fingerprint density at radius 1 is 1.25 bits per heavy atom. The molecule has 0 saturated heterocycles. The average molecular weight is 274 g/mol. The van der Waals surface area contributed by atoms with Crippen molar-refractivity contribution < 1.29 is 9.50 Å². The summed E-state index contributed by atoms with van der Waals surface area (Å²) in [7, 11) is 0. The van der Waals surface area contributed by atoms with Crippen LogP contribution >= 0.6 is 0 Å². The summed E-state index contributed by atoms with van der Waals surface area (Å²) in [6, 6.07) is 10.7. The maximum absolute atomic E-state index is 12.8. The third-order valence-corrected chi connectivity index (χ3v) is 3.36. The fourth-order valence-electron chi connectivity index (χ4n) is 2.11. The second kappa shape index (κ2) is 6.59. The number of nitrogens with zero attached hydrogens (tertiary/aromatic N) is 1. The monoisotopic (exact) mass is 274 g/mol. The van der Waals surface area contributed by atoms with Crippen molar-refractivity contribution in [2.24, 2.45) is 0 Å². The van der Waals surface area contributed by atoms with Crippen LogP contribution < -0.4 is 5.32 Å². The van der Waals surface area contributed by atoms with Crippen LogP contribution in [0.2, 0.25) is 0 Å². The van der Waals surface area contributed by atoms with Gasteiger partial charge >= 0.3 is 0 Å². The Morgan fingerprint density at radius 2 is 2.00 bits per heavy atom. The van der Waals surface area contributed by atoms with Crippen LogP contribution in [-0.4, -0.2) is 16.6 Å². The molecule has 106 valence electrons. The Balaban J connectivity index is 1.95. The predicted molar refractivity (Wildman–Crippen MR) is 76.8 cm³/mol. The summed E-state index contributed by atoms with van der Waals surface area (Å²) in [5.74, 6) is -0.346. The maximum Gasteiger partial charge on any atom is 0.141 e. The van der Waals surface area contributed by atoms with Crippen molar-refractivity contribution in [3.8, 4) is 0 Å². The van der Waals surface area contributed by atoms with Gasteiger partial charge in [-0.3, -0.25) is 4.98 Å². The molecule has 0 aliphatic carbocycles. The molecule has 0 saturated carbocycles. The number of rotatable bonds is 5. The molecule has 1 aromatic carbocycles. The second-order valence-corrected chi connectivity index (χ2v) is 4.90. The summed E-state index contributed by atoms with van der Waals surface area (Å²) in [4.78, 5) is 4.03. The topological polar surface area (TPSA) is 45.1 Å². The Kier molecular flexibility index (Phi) is 4.82. The summed E-state index contributed by atoms with van der Waals surface area (Å²) < 4.78 is 12.8. The lowest BCUT2D eigenvalue weighted by Crippen LogP contribution is -2.25. The minimum absolute atomic E-state index is 0.0470. The first-order chi connectivity index (χ1) is 9.58. The maximum atomic E-state index is 12.8. The third-order valence-electron chi connectivity index (χ3n) is 3.36. The molecule has 3 nitrogen and oxygen atoms in total. The van der Waals surface area contributed by atoms with Gasteiger partial charge in [0.1, 0.15) is 5.82 Å². The van der Waals surface area contributed by atoms with Gasteiger partial charge in [-0.2, -0.15) is 0 Å². The van der Waals surface area contributed by atoms with E-state index in [1.54, 1.807) is 6.07 Å². The number of aliphatic hydroxyl groups excluding tert-OH is 1.